The van der Waals surface area contributed by atoms with Crippen LogP contribution in [0.15, 0.2) is 0 Å². The molecule has 0 bridgehead atoms. The van der Waals surface area contributed by atoms with Gasteiger partial charge in [0.05, 0.1) is 0 Å². The fourth-order valence-electron chi connectivity index (χ4n) is 0.442. The summed E-state index contributed by atoms with van der Waals surface area (Å²) in [6.45, 7) is 0.578. The van der Waals surface area contributed by atoms with Gasteiger partial charge in [0.15, 0.2) is 0 Å². The Bertz CT molecular complexity index is 193. The van der Waals surface area contributed by atoms with Crippen LogP contribution in [0.2, 0.25) is 0 Å². The van der Waals surface area contributed by atoms with Crippen LogP contribution in [-0.4, -0.2) is 43.0 Å². The molecule has 0 aliphatic rings. The number of thioether (sulfide) groups is 1. The first-order valence-corrected chi connectivity index (χ1v) is 7.16. The molecule has 0 aliphatic heterocycles. The van der Waals surface area contributed by atoms with Crippen molar-refractivity contribution in [3.8, 4) is 0 Å². The molecule has 0 saturated carbocycles. The average Bonchev–Trinajstić information content (AvgIpc) is 2.00. The average molecular weight is 262 g/mol. The number of hydrogen-bond acceptors (Lipinski definition) is 3. The first kappa shape index (κ1) is 11.7. The van der Waals surface area contributed by atoms with E-state index in [-0.39, 0.29) is 4.66 Å². The number of hydrogen-bond donors (Lipinski definition) is 0. The summed E-state index contributed by atoms with van der Waals surface area (Å²) in [5.74, 6) is 0.836. The van der Waals surface area contributed by atoms with Gasteiger partial charge in [0.1, 0.15) is 4.66 Å². The Morgan fingerprint density at radius 2 is 2.09 bits per heavy atom. The molecule has 68 valence electrons. The van der Waals surface area contributed by atoms with Gasteiger partial charge in [-0.15, -0.1) is 0 Å². The summed E-state index contributed by atoms with van der Waals surface area (Å²) in [7, 11) is -1.44. The highest BCUT2D eigenvalue weighted by Gasteiger charge is 2.14. The van der Waals surface area contributed by atoms with Gasteiger partial charge in [0.2, 0.25) is 10.0 Å². The van der Waals surface area contributed by atoms with Crippen molar-refractivity contribution in [1.82, 2.24) is 4.31 Å². The van der Waals surface area contributed by atoms with Gasteiger partial charge in [0, 0.05) is 19.3 Å². The lowest BCUT2D eigenvalue weighted by Gasteiger charge is -2.13. The standard InChI is InChI=1S/C5H12BrNO2S2/c1-7(3-4-10-2)11(8,9)5-6/h3-5H2,1-2H3. The first-order chi connectivity index (χ1) is 5.04. The Hall–Kier alpha value is 0.740. The Kier molecular flexibility index (Phi) is 5.76. The van der Waals surface area contributed by atoms with Gasteiger partial charge in [-0.3, -0.25) is 0 Å². The Labute approximate surface area is 80.7 Å². The lowest BCUT2D eigenvalue weighted by molar-refractivity contribution is 0.494. The molecule has 11 heavy (non-hydrogen) atoms. The monoisotopic (exact) mass is 261 g/mol. The van der Waals surface area contributed by atoms with Gasteiger partial charge in [-0.05, 0) is 6.26 Å². The fourth-order valence-corrected chi connectivity index (χ4v) is 2.60. The van der Waals surface area contributed by atoms with Crippen LogP contribution in [0.1, 0.15) is 0 Å². The minimum Gasteiger partial charge on any atom is -0.211 e. The molecule has 0 aromatic rings. The van der Waals surface area contributed by atoms with Gasteiger partial charge in [0.25, 0.3) is 0 Å². The highest BCUT2D eigenvalue weighted by atomic mass is 79.9. The molecule has 0 aliphatic carbocycles. The molecule has 0 rings (SSSR count). The molecule has 0 spiro atoms. The van der Waals surface area contributed by atoms with Crippen LogP contribution in [0.25, 0.3) is 0 Å². The third-order valence-corrected chi connectivity index (χ3v) is 4.96. The van der Waals surface area contributed by atoms with Crippen LogP contribution in [0, 0.1) is 0 Å². The maximum Gasteiger partial charge on any atom is 0.223 e. The van der Waals surface area contributed by atoms with E-state index in [0.29, 0.717) is 6.54 Å². The topological polar surface area (TPSA) is 37.4 Å². The van der Waals surface area contributed by atoms with Gasteiger partial charge >= 0.3 is 0 Å². The highest BCUT2D eigenvalue weighted by Crippen LogP contribution is 2.03. The lowest BCUT2D eigenvalue weighted by Crippen LogP contribution is -2.29. The summed E-state index contributed by atoms with van der Waals surface area (Å²) < 4.78 is 23.5. The number of sulfonamides is 1. The van der Waals surface area contributed by atoms with Crippen molar-refractivity contribution in [2.45, 2.75) is 0 Å². The van der Waals surface area contributed by atoms with Crippen molar-refractivity contribution in [1.29, 1.82) is 0 Å². The third-order valence-electron chi connectivity index (χ3n) is 1.22. The molecule has 0 unspecified atom stereocenters. The van der Waals surface area contributed by atoms with E-state index in [0.717, 1.165) is 5.75 Å². The van der Waals surface area contributed by atoms with E-state index in [1.54, 1.807) is 18.8 Å². The second kappa shape index (κ2) is 5.40. The fraction of sp³-hybridized carbons (Fsp3) is 1.00. The van der Waals surface area contributed by atoms with Crippen LogP contribution < -0.4 is 0 Å². The van der Waals surface area contributed by atoms with Crippen molar-refractivity contribution in [3.63, 3.8) is 0 Å². The molecule has 0 atom stereocenters. The number of alkyl halides is 1. The molecule has 0 saturated heterocycles. The largest absolute Gasteiger partial charge is 0.223 e. The zero-order chi connectivity index (χ0) is 8.91. The second-order valence-electron chi connectivity index (χ2n) is 2.04. The van der Waals surface area contributed by atoms with Crippen LogP contribution in [-0.2, 0) is 10.0 Å². The number of nitrogens with zero attached hydrogens (tertiary/aromatic N) is 1. The molecular weight excluding hydrogens is 250 g/mol. The highest BCUT2D eigenvalue weighted by molar-refractivity contribution is 9.10. The SMILES string of the molecule is CSCCN(C)S(=O)(=O)CBr. The van der Waals surface area contributed by atoms with E-state index in [9.17, 15) is 8.42 Å². The van der Waals surface area contributed by atoms with Crippen molar-refractivity contribution >= 4 is 37.7 Å². The third kappa shape index (κ3) is 4.35. The summed E-state index contributed by atoms with van der Waals surface area (Å²) in [6, 6.07) is 0. The van der Waals surface area contributed by atoms with E-state index in [2.05, 4.69) is 15.9 Å². The van der Waals surface area contributed by atoms with E-state index in [1.165, 1.54) is 4.31 Å². The molecule has 0 N–H and O–H groups in total. The summed E-state index contributed by atoms with van der Waals surface area (Å²) in [5.41, 5.74) is 0. The van der Waals surface area contributed by atoms with Crippen molar-refractivity contribution in [2.24, 2.45) is 0 Å². The quantitative estimate of drug-likeness (QED) is 0.693. The van der Waals surface area contributed by atoms with Gasteiger partial charge in [-0.2, -0.15) is 11.8 Å². The molecule has 0 fully saturated rings. The maximum absolute atomic E-state index is 11.1. The summed E-state index contributed by atoms with van der Waals surface area (Å²) >= 11 is 4.56. The molecule has 0 aromatic heterocycles. The predicted octanol–water partition coefficient (Wildman–Crippen LogP) is 0.963. The van der Waals surface area contributed by atoms with Crippen molar-refractivity contribution < 1.29 is 8.42 Å². The smallest absolute Gasteiger partial charge is 0.211 e. The Morgan fingerprint density at radius 3 is 2.45 bits per heavy atom. The van der Waals surface area contributed by atoms with Crippen LogP contribution in [0.3, 0.4) is 0 Å². The van der Waals surface area contributed by atoms with E-state index >= 15 is 0 Å². The zero-order valence-corrected chi connectivity index (χ0v) is 9.80. The molecular formula is C5H12BrNO2S2. The summed E-state index contributed by atoms with van der Waals surface area (Å²) in [4.78, 5) is 0. The first-order valence-electron chi connectivity index (χ1n) is 3.03. The minimum atomic E-state index is -3.03. The van der Waals surface area contributed by atoms with E-state index in [1.807, 2.05) is 6.26 Å². The molecule has 0 heterocycles. The van der Waals surface area contributed by atoms with Gasteiger partial charge in [-0.1, -0.05) is 15.9 Å². The normalized spacial score (nSPS) is 12.4. The summed E-state index contributed by atoms with van der Waals surface area (Å²) in [6.07, 6.45) is 1.95. The van der Waals surface area contributed by atoms with Gasteiger partial charge in [-0.25, -0.2) is 12.7 Å². The Balaban J connectivity index is 3.93. The van der Waals surface area contributed by atoms with Crippen LogP contribution in [0.4, 0.5) is 0 Å². The summed E-state index contributed by atoms with van der Waals surface area (Å²) in [5, 5.41) is 0. The number of rotatable bonds is 5. The maximum atomic E-state index is 11.1. The lowest BCUT2D eigenvalue weighted by atomic mass is 10.8. The molecule has 0 radical (unpaired) electrons. The second-order valence-corrected chi connectivity index (χ2v) is 6.40. The van der Waals surface area contributed by atoms with Crippen molar-refractivity contribution in [2.75, 3.05) is 30.3 Å². The Morgan fingerprint density at radius 1 is 1.55 bits per heavy atom. The van der Waals surface area contributed by atoms with E-state index < -0.39 is 10.0 Å². The number of halogens is 1. The molecule has 0 aromatic carbocycles. The molecule has 6 heteroatoms. The van der Waals surface area contributed by atoms with E-state index in [4.69, 9.17) is 0 Å². The molecule has 3 nitrogen and oxygen atoms in total. The minimum absolute atomic E-state index is 0.00484. The van der Waals surface area contributed by atoms with Crippen LogP contribution in [0.5, 0.6) is 0 Å². The van der Waals surface area contributed by atoms with Gasteiger partial charge < -0.3 is 0 Å². The predicted molar refractivity (Wildman–Crippen MR) is 53.7 cm³/mol. The van der Waals surface area contributed by atoms with Crippen LogP contribution >= 0.6 is 27.7 Å². The zero-order valence-electron chi connectivity index (χ0n) is 6.58. The molecule has 0 amide bonds. The van der Waals surface area contributed by atoms with Crippen molar-refractivity contribution in [3.05, 3.63) is 0 Å².